The van der Waals surface area contributed by atoms with E-state index in [1.54, 1.807) is 46.3 Å². The van der Waals surface area contributed by atoms with Gasteiger partial charge in [-0.15, -0.1) is 0 Å². The Morgan fingerprint density at radius 2 is 1.89 bits per heavy atom. The molecule has 0 spiro atoms. The molecule has 0 unspecified atom stereocenters. The van der Waals surface area contributed by atoms with Gasteiger partial charge in [-0.1, -0.05) is 11.6 Å². The van der Waals surface area contributed by atoms with Gasteiger partial charge in [0.15, 0.2) is 11.5 Å². The van der Waals surface area contributed by atoms with Crippen molar-refractivity contribution in [2.24, 2.45) is 0 Å². The summed E-state index contributed by atoms with van der Waals surface area (Å²) in [4.78, 5) is 32.3. The number of benzene rings is 1. The number of halogens is 1. The molecule has 0 atom stereocenters. The normalized spacial score (nSPS) is 14.4. The summed E-state index contributed by atoms with van der Waals surface area (Å²) < 4.78 is 11.1. The summed E-state index contributed by atoms with van der Waals surface area (Å²) in [7, 11) is 0. The third kappa shape index (κ3) is 3.53. The predicted molar refractivity (Wildman–Crippen MR) is 104 cm³/mol. The first-order chi connectivity index (χ1) is 13.5. The number of nitrogens with zero attached hydrogens (tertiary/aromatic N) is 3. The summed E-state index contributed by atoms with van der Waals surface area (Å²) in [6, 6.07) is 8.64. The Hall–Kier alpha value is -3.06. The van der Waals surface area contributed by atoms with E-state index in [2.05, 4.69) is 4.98 Å². The topological polar surface area (TPSA) is 75.9 Å². The Bertz CT molecular complexity index is 1030. The van der Waals surface area contributed by atoms with E-state index in [0.717, 1.165) is 10.9 Å². The van der Waals surface area contributed by atoms with Gasteiger partial charge in [0, 0.05) is 48.3 Å². The fourth-order valence-electron chi connectivity index (χ4n) is 3.21. The Kier molecular flexibility index (Phi) is 4.92. The fourth-order valence-corrected chi connectivity index (χ4v) is 3.38. The quantitative estimate of drug-likeness (QED) is 0.656. The first-order valence-electron chi connectivity index (χ1n) is 8.87. The zero-order chi connectivity index (χ0) is 19.7. The third-order valence-electron chi connectivity index (χ3n) is 4.76. The predicted octanol–water partition coefficient (Wildman–Crippen LogP) is 3.75. The van der Waals surface area contributed by atoms with Crippen LogP contribution in [0.15, 0.2) is 47.1 Å². The first kappa shape index (κ1) is 18.3. The van der Waals surface area contributed by atoms with Gasteiger partial charge in [-0.25, -0.2) is 4.79 Å². The monoisotopic (exact) mass is 399 g/mol. The highest BCUT2D eigenvalue weighted by atomic mass is 35.5. The lowest BCUT2D eigenvalue weighted by atomic mass is 10.1. The smallest absolute Gasteiger partial charge is 0.415 e. The van der Waals surface area contributed by atoms with Crippen LogP contribution >= 0.6 is 11.6 Å². The van der Waals surface area contributed by atoms with Crippen molar-refractivity contribution in [2.45, 2.75) is 6.92 Å². The van der Waals surface area contributed by atoms with E-state index in [4.69, 9.17) is 20.8 Å². The van der Waals surface area contributed by atoms with Crippen molar-refractivity contribution >= 4 is 34.6 Å². The molecule has 28 heavy (non-hydrogen) atoms. The van der Waals surface area contributed by atoms with Crippen molar-refractivity contribution in [1.82, 2.24) is 14.8 Å². The number of carbonyl (C=O) groups is 2. The average Bonchev–Trinajstić information content (AvgIpc) is 3.04. The highest BCUT2D eigenvalue weighted by molar-refractivity contribution is 6.31. The van der Waals surface area contributed by atoms with Crippen molar-refractivity contribution in [3.05, 3.63) is 59.1 Å². The van der Waals surface area contributed by atoms with E-state index in [9.17, 15) is 9.59 Å². The number of aromatic nitrogens is 1. The number of rotatable bonds is 2. The van der Waals surface area contributed by atoms with Crippen LogP contribution in [0.5, 0.6) is 5.75 Å². The molecule has 1 fully saturated rings. The van der Waals surface area contributed by atoms with E-state index in [1.165, 1.54) is 6.20 Å². The number of carbonyl (C=O) groups excluding carboxylic acids is 2. The molecule has 3 heterocycles. The van der Waals surface area contributed by atoms with Gasteiger partial charge in [0.05, 0.1) is 6.20 Å². The number of fused-ring (bicyclic) bond motifs is 1. The third-order valence-corrected chi connectivity index (χ3v) is 4.99. The van der Waals surface area contributed by atoms with Gasteiger partial charge < -0.3 is 19.0 Å². The molecule has 144 valence electrons. The van der Waals surface area contributed by atoms with Crippen molar-refractivity contribution in [1.29, 1.82) is 0 Å². The Morgan fingerprint density at radius 3 is 2.61 bits per heavy atom. The van der Waals surface area contributed by atoms with Crippen molar-refractivity contribution in [3.63, 3.8) is 0 Å². The largest absolute Gasteiger partial charge is 0.451 e. The highest BCUT2D eigenvalue weighted by Crippen LogP contribution is 2.29. The van der Waals surface area contributed by atoms with E-state index in [0.29, 0.717) is 48.3 Å². The van der Waals surface area contributed by atoms with Crippen molar-refractivity contribution < 1.29 is 18.7 Å². The number of piperazine rings is 1. The molecule has 1 aromatic carbocycles. The van der Waals surface area contributed by atoms with Crippen LogP contribution in [0.2, 0.25) is 5.02 Å². The van der Waals surface area contributed by atoms with Crippen molar-refractivity contribution in [2.75, 3.05) is 26.2 Å². The second-order valence-electron chi connectivity index (χ2n) is 6.53. The van der Waals surface area contributed by atoms with Gasteiger partial charge >= 0.3 is 6.09 Å². The zero-order valence-electron chi connectivity index (χ0n) is 15.2. The van der Waals surface area contributed by atoms with Gasteiger partial charge in [-0.05, 0) is 37.3 Å². The lowest BCUT2D eigenvalue weighted by molar-refractivity contribution is 0.0605. The molecule has 0 saturated carbocycles. The van der Waals surface area contributed by atoms with Gasteiger partial charge in [0.2, 0.25) is 0 Å². The highest BCUT2D eigenvalue weighted by Gasteiger charge is 2.29. The summed E-state index contributed by atoms with van der Waals surface area (Å²) in [6.45, 7) is 3.42. The summed E-state index contributed by atoms with van der Waals surface area (Å²) in [5, 5.41) is 1.42. The zero-order valence-corrected chi connectivity index (χ0v) is 16.0. The molecule has 2 aromatic heterocycles. The average molecular weight is 400 g/mol. The van der Waals surface area contributed by atoms with Crippen LogP contribution < -0.4 is 4.74 Å². The van der Waals surface area contributed by atoms with Crippen LogP contribution in [0, 0.1) is 6.92 Å². The maximum Gasteiger partial charge on any atom is 0.415 e. The first-order valence-corrected chi connectivity index (χ1v) is 9.25. The maximum absolute atomic E-state index is 12.9. The van der Waals surface area contributed by atoms with Crippen LogP contribution in [-0.2, 0) is 0 Å². The Balaban J connectivity index is 1.42. The summed E-state index contributed by atoms with van der Waals surface area (Å²) in [5.41, 5.74) is 1.39. The van der Waals surface area contributed by atoms with E-state index in [1.807, 2.05) is 6.92 Å². The molecule has 1 saturated heterocycles. The second kappa shape index (κ2) is 7.52. The van der Waals surface area contributed by atoms with Crippen LogP contribution in [0.4, 0.5) is 4.79 Å². The summed E-state index contributed by atoms with van der Waals surface area (Å²) in [6.07, 6.45) is 2.64. The molecule has 1 aliphatic rings. The standard InChI is InChI=1S/C20H18ClN3O4/c1-13-16-11-14(21)4-5-17(16)28-18(13)19(25)23-7-9-24(10-8-23)20(26)27-15-3-2-6-22-12-15/h2-6,11-12H,7-10H2,1H3. The molecule has 0 N–H and O–H groups in total. The van der Waals surface area contributed by atoms with Crippen LogP contribution in [0.25, 0.3) is 11.0 Å². The minimum Gasteiger partial charge on any atom is -0.451 e. The summed E-state index contributed by atoms with van der Waals surface area (Å²) >= 11 is 6.04. The van der Waals surface area contributed by atoms with Crippen LogP contribution in [0.3, 0.4) is 0 Å². The second-order valence-corrected chi connectivity index (χ2v) is 6.97. The number of pyridine rings is 1. The molecule has 8 heteroatoms. The van der Waals surface area contributed by atoms with E-state index < -0.39 is 6.09 Å². The Labute approximate surface area is 166 Å². The molecule has 0 aliphatic carbocycles. The van der Waals surface area contributed by atoms with Gasteiger partial charge in [-0.2, -0.15) is 0 Å². The molecule has 2 amide bonds. The molecule has 7 nitrogen and oxygen atoms in total. The molecule has 0 bridgehead atoms. The van der Waals surface area contributed by atoms with Gasteiger partial charge in [-0.3, -0.25) is 9.78 Å². The Morgan fingerprint density at radius 1 is 1.14 bits per heavy atom. The molecule has 4 rings (SSSR count). The number of aryl methyl sites for hydroxylation is 1. The number of ether oxygens (including phenoxy) is 1. The van der Waals surface area contributed by atoms with Gasteiger partial charge in [0.1, 0.15) is 5.58 Å². The minimum atomic E-state index is -0.449. The number of hydrogen-bond donors (Lipinski definition) is 0. The molecule has 1 aliphatic heterocycles. The number of hydrogen-bond acceptors (Lipinski definition) is 5. The molecule has 0 radical (unpaired) electrons. The van der Waals surface area contributed by atoms with Crippen LogP contribution in [0.1, 0.15) is 16.1 Å². The van der Waals surface area contributed by atoms with Gasteiger partial charge in [0.25, 0.3) is 5.91 Å². The summed E-state index contributed by atoms with van der Waals surface area (Å²) in [5.74, 6) is 0.510. The number of furan rings is 1. The minimum absolute atomic E-state index is 0.190. The van der Waals surface area contributed by atoms with Crippen LogP contribution in [-0.4, -0.2) is 53.0 Å². The maximum atomic E-state index is 12.9. The lowest BCUT2D eigenvalue weighted by Crippen LogP contribution is -2.51. The van der Waals surface area contributed by atoms with Crippen molar-refractivity contribution in [3.8, 4) is 5.75 Å². The SMILES string of the molecule is Cc1c(C(=O)N2CCN(C(=O)Oc3cccnc3)CC2)oc2ccc(Cl)cc12. The fraction of sp³-hybridized carbons (Fsp3) is 0.250. The molecular weight excluding hydrogens is 382 g/mol. The number of amides is 2. The van der Waals surface area contributed by atoms with E-state index in [-0.39, 0.29) is 5.91 Å². The molecular formula is C20H18ClN3O4. The lowest BCUT2D eigenvalue weighted by Gasteiger charge is -2.33. The molecule has 3 aromatic rings. The van der Waals surface area contributed by atoms with E-state index >= 15 is 0 Å².